The van der Waals surface area contributed by atoms with Gasteiger partial charge in [-0.05, 0) is 73.3 Å². The van der Waals surface area contributed by atoms with E-state index in [1.165, 1.54) is 22.3 Å². The fourth-order valence-electron chi connectivity index (χ4n) is 2.35. The third kappa shape index (κ3) is 3.02. The molecule has 0 aliphatic rings. The molecule has 0 amide bonds. The minimum absolute atomic E-state index is 0.0526. The standard InChI is InChI=1S/C16H20ClNO/c1-5-18-16(14-6-7-15(17)19-14)13-9-11(3)10(2)8-12(13)4/h6-9,16,18H,5H2,1-4H3. The van der Waals surface area contributed by atoms with Crippen LogP contribution in [0.25, 0.3) is 0 Å². The molecule has 0 aliphatic heterocycles. The maximum atomic E-state index is 5.89. The minimum atomic E-state index is 0.0526. The summed E-state index contributed by atoms with van der Waals surface area (Å²) in [5.41, 5.74) is 5.12. The Hall–Kier alpha value is -1.25. The van der Waals surface area contributed by atoms with Gasteiger partial charge >= 0.3 is 0 Å². The van der Waals surface area contributed by atoms with Gasteiger partial charge in [0.15, 0.2) is 5.22 Å². The van der Waals surface area contributed by atoms with E-state index < -0.39 is 0 Å². The number of rotatable bonds is 4. The van der Waals surface area contributed by atoms with E-state index in [0.29, 0.717) is 5.22 Å². The summed E-state index contributed by atoms with van der Waals surface area (Å²) in [7, 11) is 0. The number of aryl methyl sites for hydroxylation is 3. The van der Waals surface area contributed by atoms with Crippen LogP contribution in [0, 0.1) is 20.8 Å². The summed E-state index contributed by atoms with van der Waals surface area (Å²) in [6.07, 6.45) is 0. The Labute approximate surface area is 119 Å². The molecule has 19 heavy (non-hydrogen) atoms. The number of benzene rings is 1. The number of nitrogens with one attached hydrogen (secondary N) is 1. The normalized spacial score (nSPS) is 12.7. The van der Waals surface area contributed by atoms with E-state index in [-0.39, 0.29) is 6.04 Å². The third-order valence-electron chi connectivity index (χ3n) is 3.48. The molecule has 0 saturated heterocycles. The quantitative estimate of drug-likeness (QED) is 0.886. The van der Waals surface area contributed by atoms with Crippen molar-refractivity contribution in [3.8, 4) is 0 Å². The summed E-state index contributed by atoms with van der Waals surface area (Å²) >= 11 is 5.89. The average molecular weight is 278 g/mol. The molecule has 0 radical (unpaired) electrons. The lowest BCUT2D eigenvalue weighted by Crippen LogP contribution is -2.22. The molecule has 1 atom stereocenters. The molecule has 0 fully saturated rings. The first-order valence-corrected chi connectivity index (χ1v) is 6.97. The van der Waals surface area contributed by atoms with E-state index in [1.54, 1.807) is 6.07 Å². The van der Waals surface area contributed by atoms with Crippen LogP contribution in [-0.2, 0) is 0 Å². The van der Waals surface area contributed by atoms with E-state index >= 15 is 0 Å². The van der Waals surface area contributed by atoms with Crippen molar-refractivity contribution < 1.29 is 4.42 Å². The second-order valence-electron chi connectivity index (χ2n) is 4.93. The average Bonchev–Trinajstić information content (AvgIpc) is 2.78. The monoisotopic (exact) mass is 277 g/mol. The van der Waals surface area contributed by atoms with Crippen LogP contribution < -0.4 is 5.32 Å². The lowest BCUT2D eigenvalue weighted by Gasteiger charge is -2.20. The van der Waals surface area contributed by atoms with Crippen molar-refractivity contribution >= 4 is 11.6 Å². The number of hydrogen-bond donors (Lipinski definition) is 1. The van der Waals surface area contributed by atoms with Gasteiger partial charge in [-0.3, -0.25) is 0 Å². The second-order valence-corrected chi connectivity index (χ2v) is 5.30. The first-order valence-electron chi connectivity index (χ1n) is 6.59. The first kappa shape index (κ1) is 14.2. The molecular formula is C16H20ClNO. The minimum Gasteiger partial charge on any atom is -0.448 e. The van der Waals surface area contributed by atoms with Crippen molar-refractivity contribution in [1.29, 1.82) is 0 Å². The van der Waals surface area contributed by atoms with Crippen molar-refractivity contribution in [3.63, 3.8) is 0 Å². The lowest BCUT2D eigenvalue weighted by molar-refractivity contribution is 0.452. The highest BCUT2D eigenvalue weighted by molar-refractivity contribution is 6.28. The van der Waals surface area contributed by atoms with Crippen molar-refractivity contribution in [2.24, 2.45) is 0 Å². The highest BCUT2D eigenvalue weighted by Gasteiger charge is 2.19. The smallest absolute Gasteiger partial charge is 0.193 e. The van der Waals surface area contributed by atoms with E-state index in [0.717, 1.165) is 12.3 Å². The van der Waals surface area contributed by atoms with Gasteiger partial charge in [0.05, 0.1) is 6.04 Å². The summed E-state index contributed by atoms with van der Waals surface area (Å²) in [4.78, 5) is 0. The van der Waals surface area contributed by atoms with Gasteiger partial charge in [0.2, 0.25) is 0 Å². The second kappa shape index (κ2) is 5.81. The fraction of sp³-hybridized carbons (Fsp3) is 0.375. The largest absolute Gasteiger partial charge is 0.448 e. The Balaban J connectivity index is 2.47. The topological polar surface area (TPSA) is 25.2 Å². The van der Waals surface area contributed by atoms with E-state index in [2.05, 4.69) is 45.1 Å². The zero-order valence-corrected chi connectivity index (χ0v) is 12.6. The zero-order valence-electron chi connectivity index (χ0n) is 11.9. The molecule has 1 aromatic carbocycles. The van der Waals surface area contributed by atoms with Crippen LogP contribution in [0.4, 0.5) is 0 Å². The summed E-state index contributed by atoms with van der Waals surface area (Å²) in [6, 6.07) is 8.23. The predicted octanol–water partition coefficient (Wildman–Crippen LogP) is 4.56. The fourth-order valence-corrected chi connectivity index (χ4v) is 2.50. The Morgan fingerprint density at radius 3 is 2.37 bits per heavy atom. The van der Waals surface area contributed by atoms with Gasteiger partial charge in [-0.25, -0.2) is 0 Å². The van der Waals surface area contributed by atoms with Gasteiger partial charge in [0.25, 0.3) is 0 Å². The summed E-state index contributed by atoms with van der Waals surface area (Å²) in [5.74, 6) is 0.859. The Morgan fingerprint density at radius 2 is 1.79 bits per heavy atom. The molecular weight excluding hydrogens is 258 g/mol. The van der Waals surface area contributed by atoms with Gasteiger partial charge in [-0.1, -0.05) is 19.1 Å². The SMILES string of the molecule is CCNC(c1ccc(Cl)o1)c1cc(C)c(C)cc1C. The van der Waals surface area contributed by atoms with Crippen LogP contribution in [0.15, 0.2) is 28.7 Å². The summed E-state index contributed by atoms with van der Waals surface area (Å²) in [6.45, 7) is 9.37. The van der Waals surface area contributed by atoms with E-state index in [9.17, 15) is 0 Å². The van der Waals surface area contributed by atoms with E-state index in [1.807, 2.05) is 6.07 Å². The van der Waals surface area contributed by atoms with Crippen molar-refractivity contribution in [3.05, 3.63) is 57.5 Å². The third-order valence-corrected chi connectivity index (χ3v) is 3.68. The number of hydrogen-bond acceptors (Lipinski definition) is 2. The van der Waals surface area contributed by atoms with Crippen LogP contribution in [0.1, 0.15) is 41.0 Å². The van der Waals surface area contributed by atoms with Gasteiger partial charge in [0, 0.05) is 0 Å². The van der Waals surface area contributed by atoms with Crippen molar-refractivity contribution in [1.82, 2.24) is 5.32 Å². The van der Waals surface area contributed by atoms with E-state index in [4.69, 9.17) is 16.0 Å². The molecule has 2 aromatic rings. The molecule has 0 bridgehead atoms. The van der Waals surface area contributed by atoms with Crippen LogP contribution >= 0.6 is 11.6 Å². The highest BCUT2D eigenvalue weighted by Crippen LogP contribution is 2.29. The highest BCUT2D eigenvalue weighted by atomic mass is 35.5. The molecule has 102 valence electrons. The predicted molar refractivity (Wildman–Crippen MR) is 79.9 cm³/mol. The number of halogens is 1. The molecule has 1 heterocycles. The maximum absolute atomic E-state index is 5.89. The summed E-state index contributed by atoms with van der Waals surface area (Å²) < 4.78 is 5.58. The lowest BCUT2D eigenvalue weighted by atomic mass is 9.94. The molecule has 0 saturated carbocycles. The zero-order chi connectivity index (χ0) is 14.0. The van der Waals surface area contributed by atoms with Gasteiger partial charge in [-0.2, -0.15) is 0 Å². The van der Waals surface area contributed by atoms with Gasteiger partial charge in [-0.15, -0.1) is 0 Å². The molecule has 2 nitrogen and oxygen atoms in total. The summed E-state index contributed by atoms with van der Waals surface area (Å²) in [5, 5.41) is 3.89. The maximum Gasteiger partial charge on any atom is 0.193 e. The van der Waals surface area contributed by atoms with Crippen LogP contribution in [0.2, 0.25) is 5.22 Å². The van der Waals surface area contributed by atoms with Crippen LogP contribution in [0.3, 0.4) is 0 Å². The molecule has 1 unspecified atom stereocenters. The molecule has 0 spiro atoms. The van der Waals surface area contributed by atoms with Crippen molar-refractivity contribution in [2.45, 2.75) is 33.7 Å². The van der Waals surface area contributed by atoms with Crippen LogP contribution in [-0.4, -0.2) is 6.54 Å². The Morgan fingerprint density at radius 1 is 1.11 bits per heavy atom. The molecule has 3 heteroatoms. The van der Waals surface area contributed by atoms with Gasteiger partial charge in [0.1, 0.15) is 5.76 Å². The molecule has 1 N–H and O–H groups in total. The Kier molecular flexibility index (Phi) is 4.33. The van der Waals surface area contributed by atoms with Crippen molar-refractivity contribution in [2.75, 3.05) is 6.54 Å². The van der Waals surface area contributed by atoms with Crippen LogP contribution in [0.5, 0.6) is 0 Å². The van der Waals surface area contributed by atoms with Gasteiger partial charge < -0.3 is 9.73 Å². The molecule has 1 aromatic heterocycles. The molecule has 0 aliphatic carbocycles. The Bertz CT molecular complexity index is 574. The number of furan rings is 1. The molecule has 2 rings (SSSR count). The first-order chi connectivity index (χ1) is 9.02.